The van der Waals surface area contributed by atoms with Crippen molar-refractivity contribution in [1.82, 2.24) is 0 Å². The number of unbranched alkanes of at least 4 members (excludes halogenated alkanes) is 17. The number of phosphoric ester groups is 1. The molecule has 0 bridgehead atoms. The molecule has 2 atom stereocenters. The van der Waals surface area contributed by atoms with E-state index < -0.39 is 32.5 Å². The molecule has 3 N–H and O–H groups in total. The zero-order valence-electron chi connectivity index (χ0n) is 34.9. The highest BCUT2D eigenvalue weighted by molar-refractivity contribution is 7.47. The lowest BCUT2D eigenvalue weighted by molar-refractivity contribution is -0.161. The third-order valence-electron chi connectivity index (χ3n) is 8.92. The van der Waals surface area contributed by atoms with Gasteiger partial charge in [0.15, 0.2) is 6.10 Å². The van der Waals surface area contributed by atoms with E-state index in [-0.39, 0.29) is 32.6 Å². The molecule has 9 nitrogen and oxygen atoms in total. The van der Waals surface area contributed by atoms with E-state index in [1.165, 1.54) is 77.0 Å². The Morgan fingerprint density at radius 1 is 0.564 bits per heavy atom. The normalized spacial score (nSPS) is 13.9. The zero-order chi connectivity index (χ0) is 40.3. The molecule has 318 valence electrons. The lowest BCUT2D eigenvalue weighted by Crippen LogP contribution is -2.29. The molecule has 0 radical (unpaired) electrons. The first-order valence-corrected chi connectivity index (χ1v) is 23.3. The Balaban J connectivity index is 4.22. The Morgan fingerprint density at radius 2 is 1.00 bits per heavy atom. The lowest BCUT2D eigenvalue weighted by Gasteiger charge is -2.19. The molecule has 0 amide bonds. The van der Waals surface area contributed by atoms with Crippen LogP contribution in [0.25, 0.3) is 0 Å². The molecule has 0 aromatic heterocycles. The van der Waals surface area contributed by atoms with Crippen LogP contribution >= 0.6 is 7.82 Å². The predicted molar refractivity (Wildman–Crippen MR) is 229 cm³/mol. The molecule has 0 aromatic rings. The number of hydrogen-bond acceptors (Lipinski definition) is 8. The molecule has 0 saturated heterocycles. The van der Waals surface area contributed by atoms with Gasteiger partial charge in [0.25, 0.3) is 0 Å². The van der Waals surface area contributed by atoms with E-state index in [1.54, 1.807) is 0 Å². The third kappa shape index (κ3) is 41.2. The molecule has 0 aromatic carbocycles. The number of phosphoric acid groups is 1. The van der Waals surface area contributed by atoms with E-state index in [0.717, 1.165) is 70.6 Å². The van der Waals surface area contributed by atoms with Crippen molar-refractivity contribution in [3.8, 4) is 0 Å². The lowest BCUT2D eigenvalue weighted by atomic mass is 10.0. The van der Waals surface area contributed by atoms with Crippen molar-refractivity contribution in [2.75, 3.05) is 26.4 Å². The van der Waals surface area contributed by atoms with E-state index in [0.29, 0.717) is 6.42 Å². The predicted octanol–water partition coefficient (Wildman–Crippen LogP) is 12.5. The van der Waals surface area contributed by atoms with Gasteiger partial charge in [0.2, 0.25) is 0 Å². The first-order chi connectivity index (χ1) is 26.8. The van der Waals surface area contributed by atoms with Crippen LogP contribution in [0.15, 0.2) is 60.8 Å². The molecule has 0 fully saturated rings. The number of ether oxygens (including phenoxy) is 2. The van der Waals surface area contributed by atoms with Gasteiger partial charge in [0.05, 0.1) is 13.2 Å². The van der Waals surface area contributed by atoms with Crippen molar-refractivity contribution >= 4 is 19.8 Å². The Morgan fingerprint density at radius 3 is 1.49 bits per heavy atom. The monoisotopic (exact) mass is 794 g/mol. The van der Waals surface area contributed by atoms with Gasteiger partial charge in [-0.2, -0.15) is 0 Å². The molecular formula is C45H80NO8P. The van der Waals surface area contributed by atoms with E-state index in [9.17, 15) is 19.0 Å². The number of allylic oxidation sites excluding steroid dienone is 10. The molecule has 0 saturated carbocycles. The summed E-state index contributed by atoms with van der Waals surface area (Å²) in [6.45, 7) is 3.58. The first-order valence-electron chi connectivity index (χ1n) is 21.8. The number of carbonyl (C=O) groups excluding carboxylic acids is 2. The smallest absolute Gasteiger partial charge is 0.462 e. The molecule has 0 rings (SSSR count). The van der Waals surface area contributed by atoms with Crippen LogP contribution in [0.2, 0.25) is 0 Å². The Bertz CT molecular complexity index is 1090. The van der Waals surface area contributed by atoms with Gasteiger partial charge in [-0.05, 0) is 57.8 Å². The minimum absolute atomic E-state index is 0.0460. The summed E-state index contributed by atoms with van der Waals surface area (Å²) in [4.78, 5) is 34.9. The molecule has 0 heterocycles. The van der Waals surface area contributed by atoms with Gasteiger partial charge < -0.3 is 20.1 Å². The quantitative estimate of drug-likeness (QED) is 0.0269. The highest BCUT2D eigenvalue weighted by Crippen LogP contribution is 2.43. The number of carbonyl (C=O) groups is 2. The number of nitrogens with two attached hydrogens (primary N) is 1. The third-order valence-corrected chi connectivity index (χ3v) is 9.90. The minimum Gasteiger partial charge on any atom is -0.462 e. The second kappa shape index (κ2) is 41.3. The summed E-state index contributed by atoms with van der Waals surface area (Å²) in [5, 5.41) is 0. The molecule has 0 aliphatic carbocycles. The van der Waals surface area contributed by atoms with Gasteiger partial charge in [-0.3, -0.25) is 18.6 Å². The zero-order valence-corrected chi connectivity index (χ0v) is 35.8. The van der Waals surface area contributed by atoms with Gasteiger partial charge in [-0.1, -0.05) is 171 Å². The molecule has 1 unspecified atom stereocenters. The van der Waals surface area contributed by atoms with Crippen LogP contribution in [0.1, 0.15) is 181 Å². The minimum atomic E-state index is -4.39. The van der Waals surface area contributed by atoms with E-state index in [4.69, 9.17) is 24.3 Å². The fraction of sp³-hybridized carbons (Fsp3) is 0.733. The van der Waals surface area contributed by atoms with Crippen molar-refractivity contribution < 1.29 is 37.6 Å². The van der Waals surface area contributed by atoms with Crippen LogP contribution in [-0.2, 0) is 32.7 Å². The van der Waals surface area contributed by atoms with Crippen LogP contribution < -0.4 is 5.73 Å². The standard InChI is InChI=1S/C45H80NO8P/c1-3-5-7-9-11-13-15-17-19-20-21-22-24-26-28-30-32-34-36-38-45(48)54-43(42-53-55(49,50)52-40-39-46)41-51-44(47)37-35-33-31-29-27-25-23-18-16-14-12-10-8-6-4-2/h5,7,11,13,17,19,21-22,26,28,43H,3-4,6,8-10,12,14-16,18,20,23-25,27,29-42,46H2,1-2H3,(H,49,50)/t43-/m1/s1. The van der Waals surface area contributed by atoms with Gasteiger partial charge in [-0.15, -0.1) is 0 Å². The van der Waals surface area contributed by atoms with E-state index >= 15 is 0 Å². The SMILES string of the molecule is CCC=CCC=CCC=CCC=CCC=CCCCCCC(=O)O[C@H](COC(=O)CCCCCCCCCCCCCCCCC)COP(=O)(O)OCCN. The van der Waals surface area contributed by atoms with Crippen molar-refractivity contribution in [2.24, 2.45) is 5.73 Å². The van der Waals surface area contributed by atoms with Crippen LogP contribution in [0.3, 0.4) is 0 Å². The molecular weight excluding hydrogens is 713 g/mol. The van der Waals surface area contributed by atoms with Crippen LogP contribution in [0.5, 0.6) is 0 Å². The number of hydrogen-bond donors (Lipinski definition) is 2. The van der Waals surface area contributed by atoms with Crippen molar-refractivity contribution in [2.45, 2.75) is 187 Å². The summed E-state index contributed by atoms with van der Waals surface area (Å²) in [5.74, 6) is -0.866. The summed E-state index contributed by atoms with van der Waals surface area (Å²) < 4.78 is 32.7. The number of esters is 2. The summed E-state index contributed by atoms with van der Waals surface area (Å²) in [6, 6.07) is 0. The van der Waals surface area contributed by atoms with E-state index in [1.807, 2.05) is 0 Å². The molecule has 0 aliphatic rings. The summed E-state index contributed by atoms with van der Waals surface area (Å²) in [5.41, 5.74) is 5.34. The van der Waals surface area contributed by atoms with Crippen LogP contribution in [0.4, 0.5) is 0 Å². The fourth-order valence-electron chi connectivity index (χ4n) is 5.72. The molecule has 0 spiro atoms. The maximum Gasteiger partial charge on any atom is 0.472 e. The Hall–Kier alpha value is -2.29. The van der Waals surface area contributed by atoms with Crippen molar-refractivity contribution in [1.29, 1.82) is 0 Å². The average Bonchev–Trinajstić information content (AvgIpc) is 3.17. The van der Waals surface area contributed by atoms with Crippen molar-refractivity contribution in [3.05, 3.63) is 60.8 Å². The van der Waals surface area contributed by atoms with Crippen molar-refractivity contribution in [3.63, 3.8) is 0 Å². The highest BCUT2D eigenvalue weighted by atomic mass is 31.2. The maximum atomic E-state index is 12.6. The van der Waals surface area contributed by atoms with Crippen LogP contribution in [0, 0.1) is 0 Å². The topological polar surface area (TPSA) is 134 Å². The maximum absolute atomic E-state index is 12.6. The van der Waals surface area contributed by atoms with Gasteiger partial charge in [0, 0.05) is 19.4 Å². The summed E-state index contributed by atoms with van der Waals surface area (Å²) in [6.07, 6.45) is 48.2. The van der Waals surface area contributed by atoms with Crippen LogP contribution in [-0.4, -0.2) is 49.3 Å². The number of rotatable bonds is 40. The largest absolute Gasteiger partial charge is 0.472 e. The average molecular weight is 794 g/mol. The molecule has 0 aliphatic heterocycles. The highest BCUT2D eigenvalue weighted by Gasteiger charge is 2.26. The summed E-state index contributed by atoms with van der Waals surface area (Å²) in [7, 11) is -4.39. The van der Waals surface area contributed by atoms with Gasteiger partial charge in [-0.25, -0.2) is 4.57 Å². The van der Waals surface area contributed by atoms with Gasteiger partial charge >= 0.3 is 19.8 Å². The molecule has 10 heteroatoms. The second-order valence-corrected chi connectivity index (χ2v) is 15.6. The first kappa shape index (κ1) is 52.7. The summed E-state index contributed by atoms with van der Waals surface area (Å²) >= 11 is 0. The molecule has 55 heavy (non-hydrogen) atoms. The fourth-order valence-corrected chi connectivity index (χ4v) is 6.48. The van der Waals surface area contributed by atoms with E-state index in [2.05, 4.69) is 74.6 Å². The Kier molecular flexibility index (Phi) is 39.6. The second-order valence-electron chi connectivity index (χ2n) is 14.2. The Labute approximate surface area is 336 Å². The van der Waals surface area contributed by atoms with Gasteiger partial charge in [0.1, 0.15) is 6.61 Å².